The van der Waals surface area contributed by atoms with Crippen LogP contribution in [0, 0.1) is 0 Å². The summed E-state index contributed by atoms with van der Waals surface area (Å²) in [6, 6.07) is 0. The fourth-order valence-electron chi connectivity index (χ4n) is 0.289. The zero-order valence-electron chi connectivity index (χ0n) is 6.88. The molecule has 0 aromatic carbocycles. The molecule has 0 aromatic heterocycles. The van der Waals surface area contributed by atoms with Crippen LogP contribution in [0.25, 0.3) is 0 Å². The number of carbonyl (C=O) groups excluding carboxylic acids is 1. The maximum absolute atomic E-state index is 10.2. The van der Waals surface area contributed by atoms with Gasteiger partial charge in [0.25, 0.3) is 0 Å². The SMILES string of the molecule is C=C(C)C(C)(OO)C(=O)[O-].[Na+]. The summed E-state index contributed by atoms with van der Waals surface area (Å²) >= 11 is 0. The Bertz CT molecular complexity index is 152. The van der Waals surface area contributed by atoms with Crippen LogP contribution in [0.2, 0.25) is 0 Å². The molecule has 0 aliphatic rings. The van der Waals surface area contributed by atoms with Gasteiger partial charge in [0.2, 0.25) is 0 Å². The molecule has 0 saturated heterocycles. The fourth-order valence-corrected chi connectivity index (χ4v) is 0.289. The molecule has 0 heterocycles. The van der Waals surface area contributed by atoms with Crippen LogP contribution < -0.4 is 34.7 Å². The first-order valence-corrected chi connectivity index (χ1v) is 2.65. The Labute approximate surface area is 87.1 Å². The predicted molar refractivity (Wildman–Crippen MR) is 31.9 cm³/mol. The van der Waals surface area contributed by atoms with Gasteiger partial charge in [0.05, 0.1) is 5.97 Å². The molecule has 1 N–H and O–H groups in total. The van der Waals surface area contributed by atoms with Crippen molar-refractivity contribution >= 4 is 5.97 Å². The van der Waals surface area contributed by atoms with E-state index in [-0.39, 0.29) is 35.1 Å². The van der Waals surface area contributed by atoms with Crippen molar-refractivity contribution in [2.24, 2.45) is 0 Å². The molecular weight excluding hydrogens is 159 g/mol. The van der Waals surface area contributed by atoms with Gasteiger partial charge in [-0.2, -0.15) is 0 Å². The molecule has 0 spiro atoms. The van der Waals surface area contributed by atoms with Gasteiger partial charge in [0.1, 0.15) is 0 Å². The van der Waals surface area contributed by atoms with Crippen molar-refractivity contribution in [1.29, 1.82) is 0 Å². The van der Waals surface area contributed by atoms with Gasteiger partial charge >= 0.3 is 29.6 Å². The molecule has 1 unspecified atom stereocenters. The molecule has 58 valence electrons. The molecule has 0 aromatic rings. The number of carboxylic acid groups (broad SMARTS) is 1. The molecule has 0 aliphatic carbocycles. The Kier molecular flexibility index (Phi) is 6.10. The minimum absolute atomic E-state index is 0. The van der Waals surface area contributed by atoms with E-state index in [2.05, 4.69) is 11.5 Å². The Morgan fingerprint density at radius 3 is 2.09 bits per heavy atom. The topological polar surface area (TPSA) is 69.6 Å². The van der Waals surface area contributed by atoms with Gasteiger partial charge in [0.15, 0.2) is 5.60 Å². The van der Waals surface area contributed by atoms with Crippen molar-refractivity contribution < 1.29 is 49.6 Å². The molecule has 4 nitrogen and oxygen atoms in total. The first-order valence-electron chi connectivity index (χ1n) is 2.65. The Morgan fingerprint density at radius 2 is 2.09 bits per heavy atom. The third kappa shape index (κ3) is 2.92. The molecule has 0 aliphatic heterocycles. The number of hydrogen-bond acceptors (Lipinski definition) is 4. The smallest absolute Gasteiger partial charge is 0.547 e. The summed E-state index contributed by atoms with van der Waals surface area (Å²) in [5.41, 5.74) is -1.62. The summed E-state index contributed by atoms with van der Waals surface area (Å²) in [4.78, 5) is 13.9. The van der Waals surface area contributed by atoms with Crippen LogP contribution in [0.5, 0.6) is 0 Å². The van der Waals surface area contributed by atoms with E-state index in [0.717, 1.165) is 6.92 Å². The Morgan fingerprint density at radius 1 is 1.73 bits per heavy atom. The fraction of sp³-hybridized carbons (Fsp3) is 0.500. The van der Waals surface area contributed by atoms with E-state index >= 15 is 0 Å². The summed E-state index contributed by atoms with van der Waals surface area (Å²) in [5.74, 6) is -1.51. The summed E-state index contributed by atoms with van der Waals surface area (Å²) in [6.07, 6.45) is 0. The Balaban J connectivity index is 0. The van der Waals surface area contributed by atoms with Crippen molar-refractivity contribution in [2.75, 3.05) is 0 Å². The second kappa shape index (κ2) is 4.90. The summed E-state index contributed by atoms with van der Waals surface area (Å²) < 4.78 is 0. The van der Waals surface area contributed by atoms with Gasteiger partial charge in [-0.25, -0.2) is 4.89 Å². The van der Waals surface area contributed by atoms with Gasteiger partial charge in [-0.05, 0) is 19.4 Å². The molecule has 5 heteroatoms. The first kappa shape index (κ1) is 13.7. The van der Waals surface area contributed by atoms with Crippen molar-refractivity contribution in [1.82, 2.24) is 0 Å². The molecule has 0 radical (unpaired) electrons. The standard InChI is InChI=1S/C6H10O4.Na/c1-4(2)6(3,10-9)5(7)8;/h9H,1H2,2-3H3,(H,7,8);/q;+1/p-1. The van der Waals surface area contributed by atoms with Crippen LogP contribution in [-0.4, -0.2) is 16.8 Å². The average molecular weight is 168 g/mol. The quantitative estimate of drug-likeness (QED) is 0.206. The molecule has 0 bridgehead atoms. The summed E-state index contributed by atoms with van der Waals surface area (Å²) in [6.45, 7) is 5.89. The number of carboxylic acids is 1. The second-order valence-corrected chi connectivity index (χ2v) is 2.19. The molecule has 0 saturated carbocycles. The normalized spacial score (nSPS) is 14.5. The van der Waals surface area contributed by atoms with E-state index in [1.807, 2.05) is 0 Å². The van der Waals surface area contributed by atoms with E-state index in [1.54, 1.807) is 0 Å². The van der Waals surface area contributed by atoms with Crippen LogP contribution in [-0.2, 0) is 9.68 Å². The van der Waals surface area contributed by atoms with E-state index in [0.29, 0.717) is 0 Å². The van der Waals surface area contributed by atoms with Crippen LogP contribution in [0.1, 0.15) is 13.8 Å². The number of aliphatic carboxylic acids is 1. The van der Waals surface area contributed by atoms with Gasteiger partial charge in [-0.3, -0.25) is 5.26 Å². The molecule has 0 amide bonds. The number of hydrogen-bond donors (Lipinski definition) is 1. The van der Waals surface area contributed by atoms with Gasteiger partial charge < -0.3 is 9.90 Å². The van der Waals surface area contributed by atoms with Crippen LogP contribution in [0.3, 0.4) is 0 Å². The number of rotatable bonds is 3. The molecule has 0 rings (SSSR count). The van der Waals surface area contributed by atoms with Gasteiger partial charge in [-0.15, -0.1) is 0 Å². The van der Waals surface area contributed by atoms with Crippen molar-refractivity contribution in [2.45, 2.75) is 19.4 Å². The second-order valence-electron chi connectivity index (χ2n) is 2.19. The van der Waals surface area contributed by atoms with Crippen molar-refractivity contribution in [3.05, 3.63) is 12.2 Å². The maximum atomic E-state index is 10.2. The van der Waals surface area contributed by atoms with Crippen LogP contribution in [0.15, 0.2) is 12.2 Å². The zero-order chi connectivity index (χ0) is 8.36. The van der Waals surface area contributed by atoms with Crippen LogP contribution >= 0.6 is 0 Å². The van der Waals surface area contributed by atoms with Crippen molar-refractivity contribution in [3.63, 3.8) is 0 Å². The van der Waals surface area contributed by atoms with E-state index < -0.39 is 11.6 Å². The monoisotopic (exact) mass is 168 g/mol. The third-order valence-corrected chi connectivity index (χ3v) is 1.39. The van der Waals surface area contributed by atoms with E-state index in [1.165, 1.54) is 6.92 Å². The predicted octanol–water partition coefficient (Wildman–Crippen LogP) is -3.44. The molecule has 0 fully saturated rings. The maximum Gasteiger partial charge on any atom is 1.00 e. The zero-order valence-corrected chi connectivity index (χ0v) is 8.88. The van der Waals surface area contributed by atoms with E-state index in [9.17, 15) is 9.90 Å². The molecular formula is C6H9NaO4. The number of carbonyl (C=O) groups is 1. The third-order valence-electron chi connectivity index (χ3n) is 1.39. The summed E-state index contributed by atoms with van der Waals surface area (Å²) in [5, 5.41) is 18.4. The molecule has 1 atom stereocenters. The largest absolute Gasteiger partial charge is 1.00 e. The summed E-state index contributed by atoms with van der Waals surface area (Å²) in [7, 11) is 0. The van der Waals surface area contributed by atoms with Crippen LogP contribution in [0.4, 0.5) is 0 Å². The van der Waals surface area contributed by atoms with Crippen molar-refractivity contribution in [3.8, 4) is 0 Å². The average Bonchev–Trinajstić information content (AvgIpc) is 1.85. The minimum Gasteiger partial charge on any atom is -0.547 e. The van der Waals surface area contributed by atoms with Gasteiger partial charge in [0, 0.05) is 0 Å². The van der Waals surface area contributed by atoms with E-state index in [4.69, 9.17) is 5.26 Å². The molecule has 11 heavy (non-hydrogen) atoms. The Hall–Kier alpha value is 0.130. The minimum atomic E-state index is -1.79. The first-order chi connectivity index (χ1) is 4.45. The van der Waals surface area contributed by atoms with Gasteiger partial charge in [-0.1, -0.05) is 6.58 Å².